The third-order valence-corrected chi connectivity index (χ3v) is 12.7. The van der Waals surface area contributed by atoms with Crippen LogP contribution in [0.5, 0.6) is 0 Å². The second kappa shape index (κ2) is 13.9. The van der Waals surface area contributed by atoms with E-state index >= 15 is 0 Å². The van der Waals surface area contributed by atoms with E-state index in [0.29, 0.717) is 0 Å². The average molecular weight is 745 g/mol. The second-order valence-corrected chi connectivity index (χ2v) is 16.1. The topological polar surface area (TPSA) is 6.48 Å². The van der Waals surface area contributed by atoms with Crippen LogP contribution in [-0.2, 0) is 6.42 Å². The van der Waals surface area contributed by atoms with Crippen LogP contribution in [0.4, 0.5) is 28.4 Å². The summed E-state index contributed by atoms with van der Waals surface area (Å²) in [5.41, 5.74) is 11.3. The lowest BCUT2D eigenvalue weighted by Crippen LogP contribution is -2.40. The van der Waals surface area contributed by atoms with Crippen LogP contribution in [-0.4, -0.2) is 6.04 Å². The van der Waals surface area contributed by atoms with E-state index in [0.717, 1.165) is 24.9 Å². The maximum absolute atomic E-state index is 2.55. The number of anilines is 5. The normalized spacial score (nSPS) is 14.6. The highest BCUT2D eigenvalue weighted by Gasteiger charge is 2.23. The Bertz CT molecular complexity index is 3180. The van der Waals surface area contributed by atoms with Gasteiger partial charge in [-0.25, -0.2) is 0 Å². The Kier molecular flexibility index (Phi) is 8.25. The molecule has 2 heteroatoms. The standard InChI is InChI=1S/C56H44N2/c1-37-53-29-27-52(58(49-25-21-41-13-5-9-17-45(41)33-49)50-26-22-42-14-6-10-18-46(42)34-50)36-56(53)38(2)54-30-28-51(35-55(37)54)57(47-23-19-39-11-3-7-15-43(39)31-47)48-24-20-40-12-4-8-16-44(40)32-48/h3-5,7-13,15-27,29-36,51H,6,14,28H2,1-2H3. The van der Waals surface area contributed by atoms with Crippen molar-refractivity contribution in [3.05, 3.63) is 203 Å². The van der Waals surface area contributed by atoms with Gasteiger partial charge in [0.2, 0.25) is 0 Å². The van der Waals surface area contributed by atoms with E-state index in [2.05, 4.69) is 212 Å². The van der Waals surface area contributed by atoms with Crippen molar-refractivity contribution in [2.45, 2.75) is 39.2 Å². The molecule has 0 bridgehead atoms. The van der Waals surface area contributed by atoms with Crippen LogP contribution in [0.1, 0.15) is 35.1 Å². The molecular formula is C56H44N2. The fraction of sp³-hybridized carbons (Fsp3) is 0.107. The minimum absolute atomic E-state index is 0.145. The van der Waals surface area contributed by atoms with Gasteiger partial charge in [-0.15, -0.1) is 0 Å². The Morgan fingerprint density at radius 2 is 0.983 bits per heavy atom. The lowest BCUT2D eigenvalue weighted by molar-refractivity contribution is 0.837. The van der Waals surface area contributed by atoms with Crippen LogP contribution in [0.15, 0.2) is 170 Å². The molecule has 0 aromatic heterocycles. The molecule has 278 valence electrons. The molecule has 0 saturated carbocycles. The third-order valence-electron chi connectivity index (χ3n) is 12.7. The Labute approximate surface area is 339 Å². The van der Waals surface area contributed by atoms with E-state index in [4.69, 9.17) is 0 Å². The largest absolute Gasteiger partial charge is 0.334 e. The first-order valence-corrected chi connectivity index (χ1v) is 20.7. The van der Waals surface area contributed by atoms with Crippen molar-refractivity contribution in [1.82, 2.24) is 0 Å². The van der Waals surface area contributed by atoms with Gasteiger partial charge >= 0.3 is 0 Å². The molecule has 2 aliphatic rings. The van der Waals surface area contributed by atoms with Crippen molar-refractivity contribution < 1.29 is 0 Å². The highest BCUT2D eigenvalue weighted by atomic mass is 15.2. The molecule has 0 spiro atoms. The Morgan fingerprint density at radius 1 is 0.466 bits per heavy atom. The molecule has 1 unspecified atom stereocenters. The van der Waals surface area contributed by atoms with Crippen molar-refractivity contribution in [3.8, 4) is 0 Å². The van der Waals surface area contributed by atoms with E-state index in [1.807, 2.05) is 0 Å². The zero-order valence-electron chi connectivity index (χ0n) is 33.0. The number of allylic oxidation sites excluding steroid dienone is 1. The monoisotopic (exact) mass is 744 g/mol. The molecule has 0 fully saturated rings. The second-order valence-electron chi connectivity index (χ2n) is 16.1. The summed E-state index contributed by atoms with van der Waals surface area (Å²) < 4.78 is 0. The predicted molar refractivity (Wildman–Crippen MR) is 250 cm³/mol. The van der Waals surface area contributed by atoms with Crippen molar-refractivity contribution >= 4 is 89.8 Å². The summed E-state index contributed by atoms with van der Waals surface area (Å²) in [6.45, 7) is 4.64. The number of hydrogen-bond acceptors (Lipinski definition) is 2. The van der Waals surface area contributed by atoms with Gasteiger partial charge in [0.05, 0.1) is 6.04 Å². The van der Waals surface area contributed by atoms with E-state index in [-0.39, 0.29) is 6.04 Å². The van der Waals surface area contributed by atoms with Crippen LogP contribution in [0.3, 0.4) is 0 Å². The summed E-state index contributed by atoms with van der Waals surface area (Å²) in [6.07, 6.45) is 12.7. The number of hydrogen-bond donors (Lipinski definition) is 0. The molecule has 0 N–H and O–H groups in total. The van der Waals surface area contributed by atoms with E-state index in [9.17, 15) is 0 Å². The number of nitrogens with zero attached hydrogens (tertiary/aromatic N) is 2. The van der Waals surface area contributed by atoms with Gasteiger partial charge in [-0.05, 0) is 170 Å². The van der Waals surface area contributed by atoms with Gasteiger partial charge < -0.3 is 9.80 Å². The average Bonchev–Trinajstić information content (AvgIpc) is 3.28. The molecule has 0 radical (unpaired) electrons. The minimum Gasteiger partial charge on any atom is -0.334 e. The quantitative estimate of drug-likeness (QED) is 0.167. The summed E-state index contributed by atoms with van der Waals surface area (Å²) in [4.78, 5) is 5.00. The molecule has 0 heterocycles. The van der Waals surface area contributed by atoms with Crippen molar-refractivity contribution in [2.75, 3.05) is 9.80 Å². The first-order valence-electron chi connectivity index (χ1n) is 20.7. The maximum atomic E-state index is 2.55. The molecule has 2 aliphatic carbocycles. The highest BCUT2D eigenvalue weighted by Crippen LogP contribution is 2.40. The fourth-order valence-corrected chi connectivity index (χ4v) is 9.66. The van der Waals surface area contributed by atoms with Crippen LogP contribution < -0.4 is 20.2 Å². The summed E-state index contributed by atoms with van der Waals surface area (Å²) in [6, 6.07) is 61.0. The first kappa shape index (κ1) is 34.4. The van der Waals surface area contributed by atoms with Gasteiger partial charge in [-0.1, -0.05) is 127 Å². The van der Waals surface area contributed by atoms with Gasteiger partial charge in [0.1, 0.15) is 0 Å². The van der Waals surface area contributed by atoms with Gasteiger partial charge in [-0.3, -0.25) is 0 Å². The molecule has 0 saturated heterocycles. The van der Waals surface area contributed by atoms with Crippen LogP contribution >= 0.6 is 0 Å². The number of rotatable bonds is 6. The smallest absolute Gasteiger partial charge is 0.0566 e. The van der Waals surface area contributed by atoms with Gasteiger partial charge in [-0.2, -0.15) is 0 Å². The van der Waals surface area contributed by atoms with Crippen molar-refractivity contribution in [1.29, 1.82) is 0 Å². The van der Waals surface area contributed by atoms with Gasteiger partial charge in [0, 0.05) is 28.4 Å². The molecule has 0 amide bonds. The first-order chi connectivity index (χ1) is 28.6. The van der Waals surface area contributed by atoms with E-state index < -0.39 is 0 Å². The Morgan fingerprint density at radius 3 is 1.64 bits per heavy atom. The molecule has 0 aliphatic heterocycles. The Balaban J connectivity index is 1.06. The molecule has 11 rings (SSSR count). The number of benzene rings is 9. The number of fused-ring (bicyclic) bond motifs is 6. The summed E-state index contributed by atoms with van der Waals surface area (Å²) >= 11 is 0. The molecule has 9 aromatic carbocycles. The zero-order valence-corrected chi connectivity index (χ0v) is 33.0. The minimum atomic E-state index is 0.145. The molecule has 9 aromatic rings. The van der Waals surface area contributed by atoms with E-state index in [1.165, 1.54) is 98.5 Å². The van der Waals surface area contributed by atoms with Crippen LogP contribution in [0.2, 0.25) is 0 Å². The fourth-order valence-electron chi connectivity index (χ4n) is 9.66. The summed E-state index contributed by atoms with van der Waals surface area (Å²) in [5.74, 6) is 0. The van der Waals surface area contributed by atoms with Crippen molar-refractivity contribution in [2.24, 2.45) is 0 Å². The highest BCUT2D eigenvalue weighted by molar-refractivity contribution is 5.96. The lowest BCUT2D eigenvalue weighted by Gasteiger charge is -2.34. The van der Waals surface area contributed by atoms with E-state index in [1.54, 1.807) is 0 Å². The molecule has 1 atom stereocenters. The third kappa shape index (κ3) is 5.87. The number of aryl methyl sites for hydroxylation is 3. The molecule has 2 nitrogen and oxygen atoms in total. The zero-order chi connectivity index (χ0) is 38.7. The molecular weight excluding hydrogens is 701 g/mol. The van der Waals surface area contributed by atoms with Gasteiger partial charge in [0.15, 0.2) is 0 Å². The summed E-state index contributed by atoms with van der Waals surface area (Å²) in [5, 5.41) is 12.8. The van der Waals surface area contributed by atoms with Gasteiger partial charge in [0.25, 0.3) is 0 Å². The maximum Gasteiger partial charge on any atom is 0.0566 e. The van der Waals surface area contributed by atoms with Crippen LogP contribution in [0, 0.1) is 13.8 Å². The lowest BCUT2D eigenvalue weighted by atomic mass is 9.90. The predicted octanol–water partition coefficient (Wildman–Crippen LogP) is 13.5. The van der Waals surface area contributed by atoms with Crippen molar-refractivity contribution in [3.63, 3.8) is 0 Å². The van der Waals surface area contributed by atoms with Crippen LogP contribution in [0.25, 0.3) is 61.3 Å². The summed E-state index contributed by atoms with van der Waals surface area (Å²) in [7, 11) is 0. The molecule has 58 heavy (non-hydrogen) atoms. The Hall–Kier alpha value is -6.90. The SMILES string of the molecule is Cc1c2c(c(C)c3cc(N(c4ccc5c(c4)C=CCC5)c4ccc5ccccc5c4)ccc13)=CCC(N(c1ccc3ccccc3c1)c1ccc3ccccc3c1)C=2.